The number of nitrogens with zero attached hydrogens (tertiary/aromatic N) is 3. The van der Waals surface area contributed by atoms with Crippen LogP contribution >= 0.6 is 11.5 Å². The Bertz CT molecular complexity index is 234. The monoisotopic (exact) mass is 186 g/mol. The standard InChI is InChI=1S/C7H12N3OS/c1-3-10(4-2)7-8-6(5-11)9-12-7/h3-5H2,1-2H3. The summed E-state index contributed by atoms with van der Waals surface area (Å²) in [5, 5.41) is 11.3. The van der Waals surface area contributed by atoms with Crippen molar-refractivity contribution in [3.05, 3.63) is 5.82 Å². The van der Waals surface area contributed by atoms with E-state index in [0.29, 0.717) is 5.82 Å². The smallest absolute Gasteiger partial charge is 0.205 e. The summed E-state index contributed by atoms with van der Waals surface area (Å²) in [4.78, 5) is 6.17. The van der Waals surface area contributed by atoms with Gasteiger partial charge in [-0.25, -0.2) is 10.1 Å². The van der Waals surface area contributed by atoms with Crippen LogP contribution in [0.25, 0.3) is 0 Å². The SMILES string of the molecule is CCN(CC)c1nc(C[O])ns1. The van der Waals surface area contributed by atoms with E-state index >= 15 is 0 Å². The maximum Gasteiger partial charge on any atom is 0.205 e. The molecule has 0 aliphatic carbocycles. The van der Waals surface area contributed by atoms with Crippen LogP contribution < -0.4 is 4.90 Å². The molecule has 1 heterocycles. The number of anilines is 1. The molecule has 12 heavy (non-hydrogen) atoms. The molecule has 0 bridgehead atoms. The maximum atomic E-state index is 10.4. The molecule has 1 aromatic rings. The lowest BCUT2D eigenvalue weighted by Gasteiger charge is -2.15. The predicted octanol–water partition coefficient (Wildman–Crippen LogP) is 1.31. The zero-order chi connectivity index (χ0) is 8.97. The van der Waals surface area contributed by atoms with Gasteiger partial charge in [-0.1, -0.05) is 0 Å². The molecule has 0 spiro atoms. The molecule has 1 radical (unpaired) electrons. The summed E-state index contributed by atoms with van der Waals surface area (Å²) in [6.07, 6.45) is 0. The Labute approximate surface area is 76.0 Å². The minimum absolute atomic E-state index is 0.322. The molecule has 1 aromatic heterocycles. The third-order valence-electron chi connectivity index (χ3n) is 1.62. The zero-order valence-electron chi connectivity index (χ0n) is 7.28. The van der Waals surface area contributed by atoms with Gasteiger partial charge in [0.2, 0.25) is 5.13 Å². The van der Waals surface area contributed by atoms with Gasteiger partial charge in [0.15, 0.2) is 5.82 Å². The van der Waals surface area contributed by atoms with Crippen molar-refractivity contribution in [2.45, 2.75) is 20.5 Å². The number of hydrogen-bond acceptors (Lipinski definition) is 4. The first-order chi connectivity index (χ1) is 5.81. The normalized spacial score (nSPS) is 10.2. The summed E-state index contributed by atoms with van der Waals surface area (Å²) in [7, 11) is 0. The van der Waals surface area contributed by atoms with Gasteiger partial charge in [0.1, 0.15) is 6.61 Å². The molecule has 0 atom stereocenters. The van der Waals surface area contributed by atoms with Crippen molar-refractivity contribution in [1.29, 1.82) is 0 Å². The fraction of sp³-hybridized carbons (Fsp3) is 0.714. The predicted molar refractivity (Wildman–Crippen MR) is 47.9 cm³/mol. The molecule has 0 aliphatic heterocycles. The maximum absolute atomic E-state index is 10.4. The average molecular weight is 186 g/mol. The molecule has 0 unspecified atom stereocenters. The third kappa shape index (κ3) is 1.92. The van der Waals surface area contributed by atoms with Crippen LogP contribution in [0.15, 0.2) is 0 Å². The van der Waals surface area contributed by atoms with Gasteiger partial charge in [0.25, 0.3) is 0 Å². The average Bonchev–Trinajstić information content (AvgIpc) is 2.55. The first-order valence-corrected chi connectivity index (χ1v) is 4.74. The Balaban J connectivity index is 2.72. The Morgan fingerprint density at radius 1 is 1.42 bits per heavy atom. The second-order valence-electron chi connectivity index (χ2n) is 2.31. The second kappa shape index (κ2) is 4.37. The minimum atomic E-state index is -0.322. The largest absolute Gasteiger partial charge is 0.347 e. The molecular formula is C7H12N3OS. The molecule has 0 amide bonds. The first-order valence-electron chi connectivity index (χ1n) is 3.97. The summed E-state index contributed by atoms with van der Waals surface area (Å²) in [6, 6.07) is 0. The molecule has 0 saturated heterocycles. The minimum Gasteiger partial charge on any atom is -0.347 e. The highest BCUT2D eigenvalue weighted by atomic mass is 32.1. The van der Waals surface area contributed by atoms with Crippen molar-refractivity contribution in [2.75, 3.05) is 18.0 Å². The highest BCUT2D eigenvalue weighted by Crippen LogP contribution is 2.16. The summed E-state index contributed by atoms with van der Waals surface area (Å²) in [6.45, 7) is 5.61. The molecule has 4 nitrogen and oxygen atoms in total. The molecule has 0 fully saturated rings. The first kappa shape index (κ1) is 9.41. The molecule has 0 aliphatic rings. The van der Waals surface area contributed by atoms with Gasteiger partial charge in [0, 0.05) is 24.6 Å². The van der Waals surface area contributed by atoms with Crippen molar-refractivity contribution in [2.24, 2.45) is 0 Å². The molecular weight excluding hydrogens is 174 g/mol. The van der Waals surface area contributed by atoms with Crippen LogP contribution in [0, 0.1) is 0 Å². The Morgan fingerprint density at radius 2 is 2.08 bits per heavy atom. The van der Waals surface area contributed by atoms with Gasteiger partial charge in [-0.05, 0) is 13.8 Å². The van der Waals surface area contributed by atoms with E-state index in [-0.39, 0.29) is 6.61 Å². The fourth-order valence-electron chi connectivity index (χ4n) is 0.926. The summed E-state index contributed by atoms with van der Waals surface area (Å²) < 4.78 is 3.93. The number of aromatic nitrogens is 2. The lowest BCUT2D eigenvalue weighted by Crippen LogP contribution is -2.21. The van der Waals surface area contributed by atoms with Crippen molar-refractivity contribution in [3.8, 4) is 0 Å². The molecule has 0 aromatic carbocycles. The van der Waals surface area contributed by atoms with Gasteiger partial charge in [-0.15, -0.1) is 0 Å². The lowest BCUT2D eigenvalue weighted by molar-refractivity contribution is 0.171. The van der Waals surface area contributed by atoms with Crippen molar-refractivity contribution in [3.63, 3.8) is 0 Å². The van der Waals surface area contributed by atoms with Gasteiger partial charge < -0.3 is 4.90 Å². The highest BCUT2D eigenvalue weighted by molar-refractivity contribution is 7.09. The van der Waals surface area contributed by atoms with E-state index in [1.54, 1.807) is 0 Å². The van der Waals surface area contributed by atoms with Crippen LogP contribution in [0.5, 0.6) is 0 Å². The van der Waals surface area contributed by atoms with E-state index in [1.165, 1.54) is 11.5 Å². The molecule has 0 N–H and O–H groups in total. The third-order valence-corrected chi connectivity index (χ3v) is 2.44. The molecule has 0 saturated carbocycles. The fourth-order valence-corrected chi connectivity index (χ4v) is 1.73. The Hall–Kier alpha value is -0.680. The van der Waals surface area contributed by atoms with Crippen LogP contribution in [0.2, 0.25) is 0 Å². The van der Waals surface area contributed by atoms with Gasteiger partial charge in [0.05, 0.1) is 0 Å². The van der Waals surface area contributed by atoms with Crippen molar-refractivity contribution < 1.29 is 5.11 Å². The van der Waals surface area contributed by atoms with E-state index in [0.717, 1.165) is 18.2 Å². The van der Waals surface area contributed by atoms with E-state index < -0.39 is 0 Å². The zero-order valence-corrected chi connectivity index (χ0v) is 8.10. The summed E-state index contributed by atoms with van der Waals surface area (Å²) >= 11 is 1.30. The van der Waals surface area contributed by atoms with Gasteiger partial charge in [-0.3, -0.25) is 0 Å². The van der Waals surface area contributed by atoms with Crippen LogP contribution in [0.4, 0.5) is 5.13 Å². The van der Waals surface area contributed by atoms with Crippen LogP contribution in [0.3, 0.4) is 0 Å². The van der Waals surface area contributed by atoms with Crippen LogP contribution in [-0.2, 0) is 11.7 Å². The highest BCUT2D eigenvalue weighted by Gasteiger charge is 2.07. The lowest BCUT2D eigenvalue weighted by atomic mass is 10.5. The topological polar surface area (TPSA) is 48.9 Å². The summed E-state index contributed by atoms with van der Waals surface area (Å²) in [5.74, 6) is 0.405. The van der Waals surface area contributed by atoms with Crippen molar-refractivity contribution >= 4 is 16.7 Å². The van der Waals surface area contributed by atoms with Crippen LogP contribution in [0.1, 0.15) is 19.7 Å². The summed E-state index contributed by atoms with van der Waals surface area (Å²) in [5.41, 5.74) is 0. The quantitative estimate of drug-likeness (QED) is 0.712. The Morgan fingerprint density at radius 3 is 2.50 bits per heavy atom. The van der Waals surface area contributed by atoms with Crippen molar-refractivity contribution in [1.82, 2.24) is 9.36 Å². The van der Waals surface area contributed by atoms with E-state index in [9.17, 15) is 5.11 Å². The van der Waals surface area contributed by atoms with E-state index in [1.807, 2.05) is 0 Å². The Kier molecular flexibility index (Phi) is 3.43. The van der Waals surface area contributed by atoms with E-state index in [4.69, 9.17) is 0 Å². The number of hydrogen-bond donors (Lipinski definition) is 0. The van der Waals surface area contributed by atoms with Crippen LogP contribution in [-0.4, -0.2) is 22.4 Å². The van der Waals surface area contributed by atoms with Gasteiger partial charge >= 0.3 is 0 Å². The van der Waals surface area contributed by atoms with E-state index in [2.05, 4.69) is 28.1 Å². The number of rotatable bonds is 4. The molecule has 1 rings (SSSR count). The van der Waals surface area contributed by atoms with Gasteiger partial charge in [-0.2, -0.15) is 4.37 Å². The second-order valence-corrected chi connectivity index (χ2v) is 3.04. The molecule has 67 valence electrons. The molecule has 5 heteroatoms.